The van der Waals surface area contributed by atoms with Crippen molar-refractivity contribution >= 4 is 16.1 Å². The lowest BCUT2D eigenvalue weighted by Gasteiger charge is -2.34. The molecule has 1 heterocycles. The lowest BCUT2D eigenvalue weighted by Crippen LogP contribution is -2.46. The Morgan fingerprint density at radius 1 is 1.19 bits per heavy atom. The molecule has 8 heteroatoms. The molecule has 0 bridgehead atoms. The number of sulfonamides is 1. The van der Waals surface area contributed by atoms with Gasteiger partial charge >= 0.3 is 6.03 Å². The van der Waals surface area contributed by atoms with E-state index in [2.05, 4.69) is 10.6 Å². The Balaban J connectivity index is 1.94. The topological polar surface area (TPSA) is 87.7 Å². The number of ether oxygens (including phenoxy) is 1. The average molecular weight is 384 g/mol. The van der Waals surface area contributed by atoms with Gasteiger partial charge in [0.1, 0.15) is 0 Å². The van der Waals surface area contributed by atoms with Crippen molar-refractivity contribution in [2.45, 2.75) is 43.5 Å². The number of methoxy groups -OCH3 is 1. The second kappa shape index (κ2) is 9.89. The van der Waals surface area contributed by atoms with Crippen molar-refractivity contribution in [1.29, 1.82) is 0 Å². The van der Waals surface area contributed by atoms with Gasteiger partial charge in [-0.25, -0.2) is 13.2 Å². The highest BCUT2D eigenvalue weighted by molar-refractivity contribution is 7.89. The van der Waals surface area contributed by atoms with Crippen LogP contribution < -0.4 is 10.6 Å². The van der Waals surface area contributed by atoms with Gasteiger partial charge < -0.3 is 15.4 Å². The Bertz CT molecular complexity index is 676. The predicted molar refractivity (Wildman–Crippen MR) is 101 cm³/mol. The molecule has 7 nitrogen and oxygen atoms in total. The van der Waals surface area contributed by atoms with E-state index in [0.717, 1.165) is 24.8 Å². The minimum absolute atomic E-state index is 0.0886. The first-order chi connectivity index (χ1) is 12.4. The van der Waals surface area contributed by atoms with E-state index in [-0.39, 0.29) is 12.1 Å². The van der Waals surface area contributed by atoms with Gasteiger partial charge in [0, 0.05) is 32.8 Å². The van der Waals surface area contributed by atoms with Gasteiger partial charge in [-0.3, -0.25) is 0 Å². The maximum Gasteiger partial charge on any atom is 0.314 e. The molecule has 1 fully saturated rings. The summed E-state index contributed by atoms with van der Waals surface area (Å²) >= 11 is 0. The van der Waals surface area contributed by atoms with E-state index in [1.165, 1.54) is 0 Å². The van der Waals surface area contributed by atoms with Gasteiger partial charge in [0.2, 0.25) is 10.0 Å². The zero-order valence-corrected chi connectivity index (χ0v) is 16.3. The largest absolute Gasteiger partial charge is 0.383 e. The van der Waals surface area contributed by atoms with Crippen molar-refractivity contribution < 1.29 is 17.9 Å². The highest BCUT2D eigenvalue weighted by atomic mass is 32.2. The van der Waals surface area contributed by atoms with Crippen LogP contribution in [0.15, 0.2) is 29.2 Å². The quantitative estimate of drug-likeness (QED) is 0.671. The standard InChI is InChI=1S/C18H29N3O4S/c1-15-6-8-17(9-7-15)26(23,24)21-13-4-3-5-16(21)10-11-19-18(22)20-12-14-25-2/h6-9,16H,3-5,10-14H2,1-2H3,(H2,19,20,22). The second-order valence-corrected chi connectivity index (χ2v) is 8.43. The minimum atomic E-state index is -3.51. The Labute approximate surface area is 156 Å². The summed E-state index contributed by atoms with van der Waals surface area (Å²) in [5.74, 6) is 0. The van der Waals surface area contributed by atoms with Crippen molar-refractivity contribution in [2.75, 3.05) is 33.4 Å². The first kappa shape index (κ1) is 20.7. The van der Waals surface area contributed by atoms with Crippen LogP contribution in [0.25, 0.3) is 0 Å². The van der Waals surface area contributed by atoms with E-state index < -0.39 is 10.0 Å². The van der Waals surface area contributed by atoms with E-state index in [1.807, 2.05) is 19.1 Å². The second-order valence-electron chi connectivity index (χ2n) is 6.54. The molecule has 0 aliphatic carbocycles. The molecule has 1 aromatic carbocycles. The van der Waals surface area contributed by atoms with Gasteiger partial charge in [0.15, 0.2) is 0 Å². The molecular weight excluding hydrogens is 354 g/mol. The van der Waals surface area contributed by atoms with Gasteiger partial charge in [0.05, 0.1) is 11.5 Å². The molecule has 1 atom stereocenters. The third-order valence-corrected chi connectivity index (χ3v) is 6.52. The number of amides is 2. The van der Waals surface area contributed by atoms with Crippen LogP contribution >= 0.6 is 0 Å². The molecule has 146 valence electrons. The molecule has 1 saturated heterocycles. The zero-order valence-electron chi connectivity index (χ0n) is 15.5. The summed E-state index contributed by atoms with van der Waals surface area (Å²) in [6.45, 7) is 3.80. The van der Waals surface area contributed by atoms with E-state index in [9.17, 15) is 13.2 Å². The SMILES string of the molecule is COCCNC(=O)NCCC1CCCCN1S(=O)(=O)c1ccc(C)cc1. The molecule has 0 saturated carbocycles. The molecule has 0 aromatic heterocycles. The third-order valence-electron chi connectivity index (χ3n) is 4.56. The summed E-state index contributed by atoms with van der Waals surface area (Å²) in [5.41, 5.74) is 1.03. The normalized spacial score (nSPS) is 18.5. The number of urea groups is 1. The van der Waals surface area contributed by atoms with Crippen LogP contribution in [0.4, 0.5) is 4.79 Å². The Morgan fingerprint density at radius 3 is 2.58 bits per heavy atom. The number of nitrogens with one attached hydrogen (secondary N) is 2. The van der Waals surface area contributed by atoms with Crippen molar-refractivity contribution in [3.8, 4) is 0 Å². The van der Waals surface area contributed by atoms with Crippen LogP contribution in [0, 0.1) is 6.92 Å². The van der Waals surface area contributed by atoms with Gasteiger partial charge in [-0.1, -0.05) is 24.1 Å². The number of carbonyl (C=O) groups excluding carboxylic acids is 1. The summed E-state index contributed by atoms with van der Waals surface area (Å²) in [6, 6.07) is 6.62. The van der Waals surface area contributed by atoms with Crippen LogP contribution in [0.3, 0.4) is 0 Å². The number of hydrogen-bond acceptors (Lipinski definition) is 4. The predicted octanol–water partition coefficient (Wildman–Crippen LogP) is 1.87. The molecule has 0 spiro atoms. The maximum atomic E-state index is 13.0. The van der Waals surface area contributed by atoms with Gasteiger partial charge in [-0.15, -0.1) is 0 Å². The molecule has 2 amide bonds. The average Bonchev–Trinajstić information content (AvgIpc) is 2.62. The monoisotopic (exact) mass is 383 g/mol. The van der Waals surface area contributed by atoms with Crippen LogP contribution in [0.2, 0.25) is 0 Å². The molecule has 2 rings (SSSR count). The Hall–Kier alpha value is -1.64. The van der Waals surface area contributed by atoms with Crippen molar-refractivity contribution in [3.63, 3.8) is 0 Å². The highest BCUT2D eigenvalue weighted by Gasteiger charge is 2.33. The summed E-state index contributed by atoms with van der Waals surface area (Å²) in [7, 11) is -1.93. The maximum absolute atomic E-state index is 13.0. The van der Waals surface area contributed by atoms with E-state index in [4.69, 9.17) is 4.74 Å². The number of benzene rings is 1. The van der Waals surface area contributed by atoms with Gasteiger partial charge in [-0.05, 0) is 38.3 Å². The first-order valence-corrected chi connectivity index (χ1v) is 10.5. The Kier molecular flexibility index (Phi) is 7.86. The molecule has 2 N–H and O–H groups in total. The lowest BCUT2D eigenvalue weighted by molar-refractivity contribution is 0.195. The fourth-order valence-electron chi connectivity index (χ4n) is 3.11. The first-order valence-electron chi connectivity index (χ1n) is 9.04. The molecule has 1 aliphatic heterocycles. The van der Waals surface area contributed by atoms with Crippen LogP contribution in [0.5, 0.6) is 0 Å². The van der Waals surface area contributed by atoms with Crippen molar-refractivity contribution in [2.24, 2.45) is 0 Å². The number of nitrogens with zero attached hydrogens (tertiary/aromatic N) is 1. The molecular formula is C18H29N3O4S. The van der Waals surface area contributed by atoms with Crippen LogP contribution in [0.1, 0.15) is 31.2 Å². The zero-order chi connectivity index (χ0) is 19.0. The number of rotatable bonds is 8. The number of aryl methyl sites for hydroxylation is 1. The number of carbonyl (C=O) groups is 1. The molecule has 1 aliphatic rings. The van der Waals surface area contributed by atoms with Crippen molar-refractivity contribution in [1.82, 2.24) is 14.9 Å². The molecule has 0 radical (unpaired) electrons. The van der Waals surface area contributed by atoms with Gasteiger partial charge in [0.25, 0.3) is 0 Å². The third kappa shape index (κ3) is 5.69. The summed E-state index contributed by atoms with van der Waals surface area (Å²) < 4.78 is 32.5. The fraction of sp³-hybridized carbons (Fsp3) is 0.611. The number of hydrogen-bond donors (Lipinski definition) is 2. The molecule has 26 heavy (non-hydrogen) atoms. The van der Waals surface area contributed by atoms with E-state index in [1.54, 1.807) is 23.5 Å². The van der Waals surface area contributed by atoms with E-state index in [0.29, 0.717) is 37.6 Å². The Morgan fingerprint density at radius 2 is 1.88 bits per heavy atom. The summed E-state index contributed by atoms with van der Waals surface area (Å²) in [5, 5.41) is 5.47. The van der Waals surface area contributed by atoms with Crippen LogP contribution in [-0.2, 0) is 14.8 Å². The fourth-order valence-corrected chi connectivity index (χ4v) is 4.83. The van der Waals surface area contributed by atoms with Gasteiger partial charge in [-0.2, -0.15) is 4.31 Å². The minimum Gasteiger partial charge on any atom is -0.383 e. The van der Waals surface area contributed by atoms with E-state index >= 15 is 0 Å². The number of piperidine rings is 1. The van der Waals surface area contributed by atoms with Crippen LogP contribution in [-0.4, -0.2) is 58.1 Å². The lowest BCUT2D eigenvalue weighted by atomic mass is 10.0. The smallest absolute Gasteiger partial charge is 0.314 e. The highest BCUT2D eigenvalue weighted by Crippen LogP contribution is 2.27. The van der Waals surface area contributed by atoms with Crippen molar-refractivity contribution in [3.05, 3.63) is 29.8 Å². The summed E-state index contributed by atoms with van der Waals surface area (Å²) in [4.78, 5) is 12.0. The molecule has 1 unspecified atom stereocenters. The molecule has 1 aromatic rings. The summed E-state index contributed by atoms with van der Waals surface area (Å²) in [6.07, 6.45) is 3.29.